The predicted octanol–water partition coefficient (Wildman–Crippen LogP) is 1.47. The summed E-state index contributed by atoms with van der Waals surface area (Å²) in [5, 5.41) is 3.32. The maximum Gasteiger partial charge on any atom is 0.327 e. The van der Waals surface area contributed by atoms with Gasteiger partial charge in [0.25, 0.3) is 0 Å². The van der Waals surface area contributed by atoms with E-state index in [1.165, 1.54) is 6.42 Å². The lowest BCUT2D eigenvalue weighted by atomic mass is 9.68. The summed E-state index contributed by atoms with van der Waals surface area (Å²) in [6.45, 7) is 6.72. The van der Waals surface area contributed by atoms with Crippen LogP contribution in [-0.2, 0) is 9.53 Å². The van der Waals surface area contributed by atoms with Crippen LogP contribution in [0.15, 0.2) is 0 Å². The molecule has 1 heterocycles. The van der Waals surface area contributed by atoms with Crippen molar-refractivity contribution in [1.82, 2.24) is 5.32 Å². The molecule has 1 aliphatic heterocycles. The molecule has 14 heavy (non-hydrogen) atoms. The van der Waals surface area contributed by atoms with E-state index < -0.39 is 0 Å². The van der Waals surface area contributed by atoms with E-state index in [0.717, 1.165) is 19.4 Å². The third-order valence-corrected chi connectivity index (χ3v) is 3.28. The maximum atomic E-state index is 12.0. The van der Waals surface area contributed by atoms with E-state index >= 15 is 0 Å². The number of carbonyl (C=O) groups is 1. The van der Waals surface area contributed by atoms with Crippen molar-refractivity contribution in [3.8, 4) is 0 Å². The van der Waals surface area contributed by atoms with Gasteiger partial charge in [-0.25, -0.2) is 0 Å². The van der Waals surface area contributed by atoms with Crippen LogP contribution in [0.2, 0.25) is 0 Å². The third-order valence-electron chi connectivity index (χ3n) is 3.28. The zero-order chi connectivity index (χ0) is 10.4. The van der Waals surface area contributed by atoms with Crippen molar-refractivity contribution < 1.29 is 9.53 Å². The van der Waals surface area contributed by atoms with Gasteiger partial charge < -0.3 is 10.1 Å². The maximum absolute atomic E-state index is 12.0. The fourth-order valence-corrected chi connectivity index (χ4v) is 2.44. The van der Waals surface area contributed by atoms with Crippen molar-refractivity contribution in [2.24, 2.45) is 5.92 Å². The Balaban J connectivity index is 2.04. The minimum absolute atomic E-state index is 0.0428. The summed E-state index contributed by atoms with van der Waals surface area (Å²) in [6, 6.07) is 0. The highest BCUT2D eigenvalue weighted by Gasteiger charge is 2.56. The number of fused-ring (bicyclic) bond motifs is 1. The highest BCUT2D eigenvalue weighted by Crippen LogP contribution is 2.45. The topological polar surface area (TPSA) is 38.3 Å². The standard InChI is InChI=1S/C11H19NO2/c1-10(2,3)14-9(13)11-6-4-8(11)5-7-12-11/h8,12H,4-7H2,1-3H3. The lowest BCUT2D eigenvalue weighted by molar-refractivity contribution is -0.169. The number of nitrogens with one attached hydrogen (secondary N) is 1. The lowest BCUT2D eigenvalue weighted by Gasteiger charge is -2.43. The normalized spacial score (nSPS) is 36.1. The van der Waals surface area contributed by atoms with Gasteiger partial charge in [0, 0.05) is 0 Å². The molecule has 1 saturated carbocycles. The molecule has 3 heteroatoms. The van der Waals surface area contributed by atoms with Crippen molar-refractivity contribution in [2.75, 3.05) is 6.54 Å². The van der Waals surface area contributed by atoms with Crippen LogP contribution in [0.1, 0.15) is 40.0 Å². The molecule has 1 N–H and O–H groups in total. The molecule has 2 aliphatic rings. The van der Waals surface area contributed by atoms with Crippen LogP contribution in [0.5, 0.6) is 0 Å². The number of hydrogen-bond donors (Lipinski definition) is 1. The predicted molar refractivity (Wildman–Crippen MR) is 53.9 cm³/mol. The molecule has 80 valence electrons. The third kappa shape index (κ3) is 1.44. The Morgan fingerprint density at radius 2 is 2.14 bits per heavy atom. The van der Waals surface area contributed by atoms with Gasteiger partial charge >= 0.3 is 5.97 Å². The molecule has 0 bridgehead atoms. The van der Waals surface area contributed by atoms with Gasteiger partial charge in [0.1, 0.15) is 11.1 Å². The SMILES string of the molecule is CC(C)(C)OC(=O)C12CCC1CCN2. The van der Waals surface area contributed by atoms with Gasteiger partial charge in [0.15, 0.2) is 0 Å². The first-order valence-electron chi connectivity index (χ1n) is 5.42. The summed E-state index contributed by atoms with van der Waals surface area (Å²) in [5.41, 5.74) is -0.677. The molecule has 0 aromatic heterocycles. The van der Waals surface area contributed by atoms with Gasteiger partial charge in [0.05, 0.1) is 0 Å². The van der Waals surface area contributed by atoms with Crippen LogP contribution in [0.4, 0.5) is 0 Å². The Kier molecular flexibility index (Phi) is 2.11. The number of carbonyl (C=O) groups excluding carboxylic acids is 1. The van der Waals surface area contributed by atoms with Crippen LogP contribution in [-0.4, -0.2) is 23.7 Å². The van der Waals surface area contributed by atoms with Crippen molar-refractivity contribution in [1.29, 1.82) is 0 Å². The molecule has 2 atom stereocenters. The molecule has 0 aromatic carbocycles. The van der Waals surface area contributed by atoms with E-state index in [1.54, 1.807) is 0 Å². The second kappa shape index (κ2) is 2.96. The number of hydrogen-bond acceptors (Lipinski definition) is 3. The Morgan fingerprint density at radius 1 is 1.43 bits per heavy atom. The van der Waals surface area contributed by atoms with E-state index in [0.29, 0.717) is 5.92 Å². The van der Waals surface area contributed by atoms with E-state index in [2.05, 4.69) is 5.32 Å². The van der Waals surface area contributed by atoms with E-state index in [1.807, 2.05) is 20.8 Å². The quantitative estimate of drug-likeness (QED) is 0.647. The second-order valence-electron chi connectivity index (χ2n) is 5.42. The molecule has 0 aromatic rings. The first-order chi connectivity index (χ1) is 6.44. The summed E-state index contributed by atoms with van der Waals surface area (Å²) < 4.78 is 5.44. The smallest absolute Gasteiger partial charge is 0.327 e. The summed E-state index contributed by atoms with van der Waals surface area (Å²) in [4.78, 5) is 12.0. The van der Waals surface area contributed by atoms with Gasteiger partial charge in [-0.3, -0.25) is 4.79 Å². The molecule has 0 spiro atoms. The molecule has 3 nitrogen and oxygen atoms in total. The van der Waals surface area contributed by atoms with Crippen molar-refractivity contribution >= 4 is 5.97 Å². The molecular weight excluding hydrogens is 178 g/mol. The van der Waals surface area contributed by atoms with Gasteiger partial charge in [-0.15, -0.1) is 0 Å². The van der Waals surface area contributed by atoms with Crippen LogP contribution < -0.4 is 5.32 Å². The monoisotopic (exact) mass is 197 g/mol. The van der Waals surface area contributed by atoms with Gasteiger partial charge in [-0.05, 0) is 52.5 Å². The highest BCUT2D eigenvalue weighted by atomic mass is 16.6. The fraction of sp³-hybridized carbons (Fsp3) is 0.909. The van der Waals surface area contributed by atoms with E-state index in [9.17, 15) is 4.79 Å². The first-order valence-corrected chi connectivity index (χ1v) is 5.42. The molecule has 2 fully saturated rings. The molecule has 1 saturated heterocycles. The zero-order valence-electron chi connectivity index (χ0n) is 9.22. The van der Waals surface area contributed by atoms with Gasteiger partial charge in [-0.1, -0.05) is 0 Å². The minimum atomic E-state index is -0.365. The Morgan fingerprint density at radius 3 is 2.57 bits per heavy atom. The van der Waals surface area contributed by atoms with E-state index in [-0.39, 0.29) is 17.1 Å². The molecule has 2 unspecified atom stereocenters. The zero-order valence-corrected chi connectivity index (χ0v) is 9.22. The minimum Gasteiger partial charge on any atom is -0.459 e. The Hall–Kier alpha value is -0.570. The van der Waals surface area contributed by atoms with Crippen molar-refractivity contribution in [3.63, 3.8) is 0 Å². The number of esters is 1. The van der Waals surface area contributed by atoms with Crippen LogP contribution in [0, 0.1) is 5.92 Å². The largest absolute Gasteiger partial charge is 0.459 e. The van der Waals surface area contributed by atoms with Crippen molar-refractivity contribution in [3.05, 3.63) is 0 Å². The number of ether oxygens (including phenoxy) is 1. The van der Waals surface area contributed by atoms with E-state index in [4.69, 9.17) is 4.74 Å². The molecular formula is C11H19NO2. The molecule has 2 rings (SSSR count). The van der Waals surface area contributed by atoms with Crippen LogP contribution in [0.3, 0.4) is 0 Å². The lowest BCUT2D eigenvalue weighted by Crippen LogP contribution is -2.60. The summed E-state index contributed by atoms with van der Waals surface area (Å²) in [6.07, 6.45) is 3.25. The summed E-state index contributed by atoms with van der Waals surface area (Å²) in [5.74, 6) is 0.483. The number of rotatable bonds is 1. The Bertz CT molecular complexity index is 257. The summed E-state index contributed by atoms with van der Waals surface area (Å²) >= 11 is 0. The van der Waals surface area contributed by atoms with Crippen LogP contribution in [0.25, 0.3) is 0 Å². The fourth-order valence-electron chi connectivity index (χ4n) is 2.44. The first kappa shape index (κ1) is 9.97. The van der Waals surface area contributed by atoms with Gasteiger partial charge in [-0.2, -0.15) is 0 Å². The summed E-state index contributed by atoms with van der Waals surface area (Å²) in [7, 11) is 0. The molecule has 0 amide bonds. The highest BCUT2D eigenvalue weighted by molar-refractivity contribution is 5.83. The van der Waals surface area contributed by atoms with Crippen LogP contribution >= 0.6 is 0 Å². The average molecular weight is 197 g/mol. The molecule has 1 aliphatic carbocycles. The van der Waals surface area contributed by atoms with Gasteiger partial charge in [0.2, 0.25) is 0 Å². The average Bonchev–Trinajstić information content (AvgIpc) is 2.24. The Labute approximate surface area is 85.2 Å². The van der Waals surface area contributed by atoms with Crippen molar-refractivity contribution in [2.45, 2.75) is 51.2 Å². The molecule has 0 radical (unpaired) electrons. The second-order valence-corrected chi connectivity index (χ2v) is 5.42.